The minimum atomic E-state index is -0.583. The van der Waals surface area contributed by atoms with Gasteiger partial charge >= 0.3 is 0 Å². The number of hydrogen-bond acceptors (Lipinski definition) is 3. The molecular weight excluding hydrogens is 315 g/mol. The molecule has 3 nitrogen and oxygen atoms in total. The summed E-state index contributed by atoms with van der Waals surface area (Å²) in [6, 6.07) is 14.3. The Morgan fingerprint density at radius 2 is 2.00 bits per heavy atom. The van der Waals surface area contributed by atoms with Crippen LogP contribution >= 0.6 is 12.4 Å². The van der Waals surface area contributed by atoms with E-state index < -0.39 is 5.60 Å². The van der Waals surface area contributed by atoms with E-state index in [2.05, 4.69) is 11.4 Å². The van der Waals surface area contributed by atoms with Crippen LogP contribution in [0.15, 0.2) is 42.5 Å². The van der Waals surface area contributed by atoms with E-state index in [0.29, 0.717) is 12.2 Å². The van der Waals surface area contributed by atoms with Gasteiger partial charge in [0.25, 0.3) is 0 Å². The minimum Gasteiger partial charge on any atom is -0.361 e. The van der Waals surface area contributed by atoms with Gasteiger partial charge in [-0.3, -0.25) is 0 Å². The number of fused-ring (bicyclic) bond motifs is 1. The molecule has 0 aliphatic carbocycles. The molecule has 1 atom stereocenters. The summed E-state index contributed by atoms with van der Waals surface area (Å²) in [5.41, 5.74) is 3.08. The molecular formula is C18H18ClFN2O. The first-order valence-corrected chi connectivity index (χ1v) is 7.28. The molecule has 0 saturated carbocycles. The molecule has 1 N–H and O–H groups in total. The second-order valence-electron chi connectivity index (χ2n) is 5.46. The smallest absolute Gasteiger partial charge is 0.123 e. The Labute approximate surface area is 141 Å². The Balaban J connectivity index is 0.00000192. The van der Waals surface area contributed by atoms with Gasteiger partial charge in [0.2, 0.25) is 0 Å². The van der Waals surface area contributed by atoms with E-state index in [-0.39, 0.29) is 18.2 Å². The molecule has 23 heavy (non-hydrogen) atoms. The van der Waals surface area contributed by atoms with Crippen LogP contribution in [-0.2, 0) is 16.9 Å². The lowest BCUT2D eigenvalue weighted by molar-refractivity contribution is -0.0110. The molecule has 0 bridgehead atoms. The Kier molecular flexibility index (Phi) is 5.38. The van der Waals surface area contributed by atoms with Crippen LogP contribution < -0.4 is 5.32 Å². The van der Waals surface area contributed by atoms with Gasteiger partial charge in [-0.15, -0.1) is 12.4 Å². The average molecular weight is 333 g/mol. The molecule has 0 saturated heterocycles. The molecule has 0 aromatic heterocycles. The van der Waals surface area contributed by atoms with Crippen LogP contribution in [0, 0.1) is 17.1 Å². The molecule has 2 aromatic carbocycles. The molecule has 0 amide bonds. The summed E-state index contributed by atoms with van der Waals surface area (Å²) in [7, 11) is 1.90. The van der Waals surface area contributed by atoms with Crippen LogP contribution in [0.2, 0.25) is 0 Å². The van der Waals surface area contributed by atoms with E-state index in [4.69, 9.17) is 10.00 Å². The fourth-order valence-electron chi connectivity index (χ4n) is 3.07. The van der Waals surface area contributed by atoms with Crippen LogP contribution in [-0.4, -0.2) is 13.6 Å². The van der Waals surface area contributed by atoms with Gasteiger partial charge in [0.1, 0.15) is 11.4 Å². The predicted molar refractivity (Wildman–Crippen MR) is 88.9 cm³/mol. The molecule has 3 rings (SSSR count). The van der Waals surface area contributed by atoms with Gasteiger partial charge in [-0.05, 0) is 61.0 Å². The number of nitrogens with zero attached hydrogens (tertiary/aromatic N) is 1. The molecule has 1 aliphatic rings. The quantitative estimate of drug-likeness (QED) is 0.932. The van der Waals surface area contributed by atoms with Gasteiger partial charge in [-0.1, -0.05) is 18.2 Å². The SMILES string of the molecule is CNCCC1(c2ccc(F)cc2)OCc2cc(C#N)ccc21.Cl. The third-order valence-corrected chi connectivity index (χ3v) is 4.18. The monoisotopic (exact) mass is 332 g/mol. The first-order chi connectivity index (χ1) is 10.7. The van der Waals surface area contributed by atoms with E-state index in [1.807, 2.05) is 25.2 Å². The summed E-state index contributed by atoms with van der Waals surface area (Å²) in [4.78, 5) is 0. The first kappa shape index (κ1) is 17.4. The number of benzene rings is 2. The summed E-state index contributed by atoms with van der Waals surface area (Å²) in [5, 5.41) is 12.2. The van der Waals surface area contributed by atoms with Crippen LogP contribution in [0.4, 0.5) is 4.39 Å². The van der Waals surface area contributed by atoms with Crippen molar-refractivity contribution in [2.45, 2.75) is 18.6 Å². The molecule has 0 radical (unpaired) electrons. The van der Waals surface area contributed by atoms with Crippen molar-refractivity contribution in [3.8, 4) is 6.07 Å². The predicted octanol–water partition coefficient (Wildman–Crippen LogP) is 3.50. The molecule has 2 aromatic rings. The highest BCUT2D eigenvalue weighted by Crippen LogP contribution is 2.44. The summed E-state index contributed by atoms with van der Waals surface area (Å²) >= 11 is 0. The van der Waals surface area contributed by atoms with Crippen molar-refractivity contribution in [3.63, 3.8) is 0 Å². The van der Waals surface area contributed by atoms with Crippen LogP contribution in [0.3, 0.4) is 0 Å². The number of hydrogen-bond donors (Lipinski definition) is 1. The summed E-state index contributed by atoms with van der Waals surface area (Å²) in [6.45, 7) is 1.24. The highest BCUT2D eigenvalue weighted by atomic mass is 35.5. The van der Waals surface area contributed by atoms with E-state index in [1.165, 1.54) is 12.1 Å². The highest BCUT2D eigenvalue weighted by Gasteiger charge is 2.41. The second kappa shape index (κ2) is 7.10. The number of ether oxygens (including phenoxy) is 1. The van der Waals surface area contributed by atoms with Gasteiger partial charge in [-0.2, -0.15) is 5.26 Å². The molecule has 5 heteroatoms. The zero-order valence-corrected chi connectivity index (χ0v) is 13.6. The maximum absolute atomic E-state index is 13.3. The van der Waals surface area contributed by atoms with Crippen molar-refractivity contribution in [1.82, 2.24) is 5.32 Å². The first-order valence-electron chi connectivity index (χ1n) is 7.28. The maximum atomic E-state index is 13.3. The molecule has 0 spiro atoms. The van der Waals surface area contributed by atoms with Crippen molar-refractivity contribution in [2.75, 3.05) is 13.6 Å². The largest absolute Gasteiger partial charge is 0.361 e. The van der Waals surface area contributed by atoms with E-state index in [0.717, 1.165) is 29.7 Å². The van der Waals surface area contributed by atoms with E-state index >= 15 is 0 Å². The summed E-state index contributed by atoms with van der Waals surface area (Å²) in [6.07, 6.45) is 0.744. The number of halogens is 2. The van der Waals surface area contributed by atoms with Crippen molar-refractivity contribution in [1.29, 1.82) is 5.26 Å². The average Bonchev–Trinajstić information content (AvgIpc) is 2.92. The molecule has 120 valence electrons. The molecule has 1 heterocycles. The van der Waals surface area contributed by atoms with E-state index in [1.54, 1.807) is 12.1 Å². The highest BCUT2D eigenvalue weighted by molar-refractivity contribution is 5.85. The summed E-state index contributed by atoms with van der Waals surface area (Å²) in [5.74, 6) is -0.259. The summed E-state index contributed by atoms with van der Waals surface area (Å²) < 4.78 is 19.4. The maximum Gasteiger partial charge on any atom is 0.123 e. The Hall–Kier alpha value is -1.93. The molecule has 0 fully saturated rings. The second-order valence-corrected chi connectivity index (χ2v) is 5.46. The van der Waals surface area contributed by atoms with Gasteiger partial charge in [-0.25, -0.2) is 4.39 Å². The van der Waals surface area contributed by atoms with Gasteiger partial charge in [0.05, 0.1) is 18.2 Å². The van der Waals surface area contributed by atoms with Gasteiger partial charge in [0.15, 0.2) is 0 Å². The zero-order valence-electron chi connectivity index (χ0n) is 12.8. The fourth-order valence-corrected chi connectivity index (χ4v) is 3.07. The van der Waals surface area contributed by atoms with Crippen LogP contribution in [0.1, 0.15) is 28.7 Å². The van der Waals surface area contributed by atoms with Crippen LogP contribution in [0.25, 0.3) is 0 Å². The third kappa shape index (κ3) is 3.09. The van der Waals surface area contributed by atoms with Gasteiger partial charge in [0, 0.05) is 0 Å². The van der Waals surface area contributed by atoms with Crippen LogP contribution in [0.5, 0.6) is 0 Å². The number of rotatable bonds is 4. The lowest BCUT2D eigenvalue weighted by Gasteiger charge is -2.30. The Morgan fingerprint density at radius 1 is 1.26 bits per heavy atom. The van der Waals surface area contributed by atoms with Crippen molar-refractivity contribution in [2.24, 2.45) is 0 Å². The standard InChI is InChI=1S/C18H17FN2O.ClH/c1-21-9-8-18(15-3-5-16(19)6-4-15)17-7-2-13(11-20)10-14(17)12-22-18;/h2-7,10,21H,8-9,12H2,1H3;1H. The fraction of sp³-hybridized carbons (Fsp3) is 0.278. The van der Waals surface area contributed by atoms with Gasteiger partial charge < -0.3 is 10.1 Å². The number of nitriles is 1. The molecule has 1 unspecified atom stereocenters. The van der Waals surface area contributed by atoms with Crippen molar-refractivity contribution >= 4 is 12.4 Å². The topological polar surface area (TPSA) is 45.0 Å². The third-order valence-electron chi connectivity index (χ3n) is 4.18. The zero-order chi connectivity index (χ0) is 15.6. The lowest BCUT2D eigenvalue weighted by atomic mass is 9.82. The number of nitrogens with one attached hydrogen (secondary N) is 1. The minimum absolute atomic E-state index is 0. The molecule has 1 aliphatic heterocycles. The Morgan fingerprint density at radius 3 is 2.65 bits per heavy atom. The van der Waals surface area contributed by atoms with E-state index in [9.17, 15) is 4.39 Å². The van der Waals surface area contributed by atoms with Crippen molar-refractivity contribution in [3.05, 3.63) is 70.5 Å². The van der Waals surface area contributed by atoms with Crippen molar-refractivity contribution < 1.29 is 9.13 Å². The Bertz CT molecular complexity index is 727. The lowest BCUT2D eigenvalue weighted by Crippen LogP contribution is -2.31. The normalized spacial score (nSPS) is 18.8.